The van der Waals surface area contributed by atoms with Gasteiger partial charge >= 0.3 is 5.97 Å². The maximum Gasteiger partial charge on any atom is 0.308 e. The molecule has 0 bridgehead atoms. The van der Waals surface area contributed by atoms with E-state index in [-0.39, 0.29) is 22.9 Å². The van der Waals surface area contributed by atoms with Gasteiger partial charge in [0.05, 0.1) is 17.7 Å². The smallest absolute Gasteiger partial charge is 0.308 e. The molecule has 1 aromatic carbocycles. The molecule has 1 N–H and O–H groups in total. The van der Waals surface area contributed by atoms with E-state index < -0.39 is 17.6 Å². The third-order valence-electron chi connectivity index (χ3n) is 3.18. The molecule has 6 heteroatoms. The van der Waals surface area contributed by atoms with Crippen LogP contribution in [0.4, 0.5) is 8.78 Å². The van der Waals surface area contributed by atoms with E-state index in [1.165, 1.54) is 18.2 Å². The first-order chi connectivity index (χ1) is 9.56. The van der Waals surface area contributed by atoms with E-state index in [9.17, 15) is 13.6 Å². The van der Waals surface area contributed by atoms with Crippen molar-refractivity contribution < 1.29 is 18.7 Å². The van der Waals surface area contributed by atoms with Gasteiger partial charge in [-0.2, -0.15) is 0 Å². The van der Waals surface area contributed by atoms with Crippen molar-refractivity contribution in [3.8, 4) is 10.6 Å². The van der Waals surface area contributed by atoms with Crippen LogP contribution in [0.3, 0.4) is 0 Å². The van der Waals surface area contributed by atoms with E-state index in [0.29, 0.717) is 10.6 Å². The number of benzene rings is 1. The third kappa shape index (κ3) is 2.43. The van der Waals surface area contributed by atoms with Crippen molar-refractivity contribution in [3.63, 3.8) is 0 Å². The molecule has 0 unspecified atom stereocenters. The lowest BCUT2D eigenvalue weighted by Crippen LogP contribution is -2.00. The number of nitrogens with zero attached hydrogens (tertiary/aromatic N) is 1. The summed E-state index contributed by atoms with van der Waals surface area (Å²) in [5.41, 5.74) is 0.520. The molecule has 20 heavy (non-hydrogen) atoms. The van der Waals surface area contributed by atoms with Crippen LogP contribution in [0.1, 0.15) is 29.3 Å². The quantitative estimate of drug-likeness (QED) is 0.937. The minimum atomic E-state index is -0.962. The summed E-state index contributed by atoms with van der Waals surface area (Å²) >= 11 is 1.07. The molecule has 0 aliphatic heterocycles. The van der Waals surface area contributed by atoms with E-state index in [1.807, 2.05) is 0 Å². The molecule has 3 rings (SSSR count). The van der Waals surface area contributed by atoms with Gasteiger partial charge in [0.25, 0.3) is 0 Å². The fourth-order valence-electron chi connectivity index (χ4n) is 2.11. The second-order valence-electron chi connectivity index (χ2n) is 4.77. The molecule has 0 saturated heterocycles. The second-order valence-corrected chi connectivity index (χ2v) is 5.85. The SMILES string of the molecule is O=C(O)Cc1sc(-c2c(F)cccc2F)nc1C1CC1. The average Bonchev–Trinajstić information content (AvgIpc) is 3.12. The maximum absolute atomic E-state index is 13.8. The Hall–Kier alpha value is -1.82. The van der Waals surface area contributed by atoms with Crippen molar-refractivity contribution in [2.24, 2.45) is 0 Å². The van der Waals surface area contributed by atoms with Crippen LogP contribution in [-0.4, -0.2) is 16.1 Å². The Bertz CT molecular complexity index is 660. The first-order valence-corrected chi connectivity index (χ1v) is 7.03. The van der Waals surface area contributed by atoms with Crippen molar-refractivity contribution in [2.75, 3.05) is 0 Å². The zero-order valence-electron chi connectivity index (χ0n) is 10.4. The van der Waals surface area contributed by atoms with Crippen LogP contribution >= 0.6 is 11.3 Å². The number of carbonyl (C=O) groups is 1. The summed E-state index contributed by atoms with van der Waals surface area (Å²) in [5.74, 6) is -2.08. The molecular weight excluding hydrogens is 284 g/mol. The van der Waals surface area contributed by atoms with Gasteiger partial charge in [0, 0.05) is 10.8 Å². The van der Waals surface area contributed by atoms with Crippen LogP contribution in [-0.2, 0) is 11.2 Å². The molecule has 1 fully saturated rings. The molecular formula is C14H11F2NO2S. The normalized spacial score (nSPS) is 14.5. The highest BCUT2D eigenvalue weighted by Gasteiger charge is 2.31. The van der Waals surface area contributed by atoms with Gasteiger partial charge in [-0.1, -0.05) is 6.07 Å². The molecule has 1 heterocycles. The van der Waals surface area contributed by atoms with E-state index in [0.717, 1.165) is 24.2 Å². The molecule has 1 aliphatic rings. The molecule has 2 aromatic rings. The molecule has 0 amide bonds. The van der Waals surface area contributed by atoms with Crippen LogP contribution < -0.4 is 0 Å². The van der Waals surface area contributed by atoms with Gasteiger partial charge in [-0.3, -0.25) is 4.79 Å². The van der Waals surface area contributed by atoms with E-state index in [4.69, 9.17) is 5.11 Å². The zero-order chi connectivity index (χ0) is 14.3. The van der Waals surface area contributed by atoms with Crippen LogP contribution in [0, 0.1) is 11.6 Å². The van der Waals surface area contributed by atoms with Crippen LogP contribution in [0.2, 0.25) is 0 Å². The Morgan fingerprint density at radius 3 is 2.55 bits per heavy atom. The first kappa shape index (κ1) is 13.2. The predicted molar refractivity (Wildman–Crippen MR) is 70.8 cm³/mol. The van der Waals surface area contributed by atoms with Gasteiger partial charge < -0.3 is 5.11 Å². The van der Waals surface area contributed by atoms with E-state index in [2.05, 4.69) is 4.98 Å². The minimum Gasteiger partial charge on any atom is -0.481 e. The molecule has 0 spiro atoms. The lowest BCUT2D eigenvalue weighted by molar-refractivity contribution is -0.136. The number of hydrogen-bond donors (Lipinski definition) is 1. The molecule has 104 valence electrons. The van der Waals surface area contributed by atoms with Crippen molar-refractivity contribution in [2.45, 2.75) is 25.2 Å². The highest BCUT2D eigenvalue weighted by atomic mass is 32.1. The van der Waals surface area contributed by atoms with Crippen LogP contribution in [0.5, 0.6) is 0 Å². The zero-order valence-corrected chi connectivity index (χ0v) is 11.2. The first-order valence-electron chi connectivity index (χ1n) is 6.22. The lowest BCUT2D eigenvalue weighted by Gasteiger charge is -1.99. The number of aliphatic carboxylic acids is 1. The van der Waals surface area contributed by atoms with Gasteiger partial charge in [0.1, 0.15) is 16.6 Å². The largest absolute Gasteiger partial charge is 0.481 e. The molecule has 0 radical (unpaired) electrons. The number of rotatable bonds is 4. The Balaban J connectivity index is 2.08. The number of thiazole rings is 1. The summed E-state index contributed by atoms with van der Waals surface area (Å²) in [7, 11) is 0. The monoisotopic (exact) mass is 295 g/mol. The number of carboxylic acid groups (broad SMARTS) is 1. The lowest BCUT2D eigenvalue weighted by atomic mass is 10.2. The van der Waals surface area contributed by atoms with Crippen molar-refractivity contribution in [3.05, 3.63) is 40.4 Å². The van der Waals surface area contributed by atoms with Gasteiger partial charge in [-0.05, 0) is 25.0 Å². The van der Waals surface area contributed by atoms with Gasteiger partial charge in [0.15, 0.2) is 0 Å². The van der Waals surface area contributed by atoms with E-state index in [1.54, 1.807) is 0 Å². The van der Waals surface area contributed by atoms with Gasteiger partial charge in [0.2, 0.25) is 0 Å². The Kier molecular flexibility index (Phi) is 3.25. The third-order valence-corrected chi connectivity index (χ3v) is 4.27. The number of aromatic nitrogens is 1. The molecule has 0 atom stereocenters. The number of halogens is 2. The maximum atomic E-state index is 13.8. The van der Waals surface area contributed by atoms with Crippen molar-refractivity contribution in [1.29, 1.82) is 0 Å². The topological polar surface area (TPSA) is 50.2 Å². The summed E-state index contributed by atoms with van der Waals surface area (Å²) in [4.78, 5) is 15.8. The second kappa shape index (κ2) is 4.94. The van der Waals surface area contributed by atoms with Gasteiger partial charge in [-0.25, -0.2) is 13.8 Å². The Morgan fingerprint density at radius 1 is 1.35 bits per heavy atom. The number of hydrogen-bond acceptors (Lipinski definition) is 3. The number of carboxylic acids is 1. The highest BCUT2D eigenvalue weighted by molar-refractivity contribution is 7.15. The van der Waals surface area contributed by atoms with Crippen molar-refractivity contribution in [1.82, 2.24) is 4.98 Å². The Labute approximate surface area is 117 Å². The summed E-state index contributed by atoms with van der Waals surface area (Å²) in [6.07, 6.45) is 1.75. The molecule has 3 nitrogen and oxygen atoms in total. The summed E-state index contributed by atoms with van der Waals surface area (Å²) < 4.78 is 27.5. The summed E-state index contributed by atoms with van der Waals surface area (Å²) in [6.45, 7) is 0. The summed E-state index contributed by atoms with van der Waals surface area (Å²) in [6, 6.07) is 3.64. The fraction of sp³-hybridized carbons (Fsp3) is 0.286. The predicted octanol–water partition coefficient (Wildman–Crippen LogP) is 3.59. The average molecular weight is 295 g/mol. The van der Waals surface area contributed by atoms with E-state index >= 15 is 0 Å². The molecule has 1 aliphatic carbocycles. The van der Waals surface area contributed by atoms with Gasteiger partial charge in [-0.15, -0.1) is 11.3 Å². The molecule has 1 aromatic heterocycles. The van der Waals surface area contributed by atoms with Crippen LogP contribution in [0.15, 0.2) is 18.2 Å². The fourth-order valence-corrected chi connectivity index (χ4v) is 3.30. The standard InChI is InChI=1S/C14H11F2NO2S/c15-8-2-1-3-9(16)12(8)14-17-13(7-4-5-7)10(20-14)6-11(18)19/h1-3,7H,4-6H2,(H,18,19). The van der Waals surface area contributed by atoms with Crippen LogP contribution in [0.25, 0.3) is 10.6 Å². The highest BCUT2D eigenvalue weighted by Crippen LogP contribution is 2.44. The molecule has 1 saturated carbocycles. The Morgan fingerprint density at radius 2 is 2.00 bits per heavy atom. The van der Waals surface area contributed by atoms with Crippen molar-refractivity contribution >= 4 is 17.3 Å². The summed E-state index contributed by atoms with van der Waals surface area (Å²) in [5, 5.41) is 9.13. The minimum absolute atomic E-state index is 0.153.